The van der Waals surface area contributed by atoms with Crippen LogP contribution in [0.4, 0.5) is 5.69 Å². The van der Waals surface area contributed by atoms with Crippen LogP contribution < -0.4 is 5.32 Å². The zero-order valence-corrected chi connectivity index (χ0v) is 8.47. The predicted octanol–water partition coefficient (Wildman–Crippen LogP) is 1.96. The molecule has 0 heterocycles. The highest BCUT2D eigenvalue weighted by Gasteiger charge is 2.01. The molecule has 0 aliphatic heterocycles. The van der Waals surface area contributed by atoms with Crippen LogP contribution in [-0.2, 0) is 11.2 Å². The number of benzene rings is 1. The summed E-state index contributed by atoms with van der Waals surface area (Å²) in [6, 6.07) is 6.97. The Balaban J connectivity index is 2.64. The molecule has 0 aromatic heterocycles. The van der Waals surface area contributed by atoms with Crippen LogP contribution in [0.1, 0.15) is 5.56 Å². The van der Waals surface area contributed by atoms with Crippen molar-refractivity contribution < 1.29 is 4.79 Å². The molecule has 1 aromatic carbocycles. The number of ketones is 1. The van der Waals surface area contributed by atoms with Crippen LogP contribution in [0.15, 0.2) is 29.4 Å². The smallest absolute Gasteiger partial charge is 0.150 e. The average Bonchev–Trinajstić information content (AvgIpc) is 2.22. The van der Waals surface area contributed by atoms with E-state index in [-0.39, 0.29) is 5.78 Å². The molecule has 5 nitrogen and oxygen atoms in total. The normalized spacial score (nSPS) is 9.40. The Morgan fingerprint density at radius 1 is 1.47 bits per heavy atom. The van der Waals surface area contributed by atoms with Crippen molar-refractivity contribution in [2.45, 2.75) is 6.42 Å². The lowest BCUT2D eigenvalue weighted by Gasteiger charge is -2.00. The van der Waals surface area contributed by atoms with Crippen LogP contribution in [0.25, 0.3) is 10.4 Å². The van der Waals surface area contributed by atoms with Gasteiger partial charge in [0.25, 0.3) is 0 Å². The number of hydrogen-bond acceptors (Lipinski definition) is 3. The van der Waals surface area contributed by atoms with E-state index in [0.29, 0.717) is 18.7 Å². The zero-order chi connectivity index (χ0) is 11.1. The molecule has 0 saturated carbocycles. The van der Waals surface area contributed by atoms with Gasteiger partial charge in [0.05, 0.1) is 6.54 Å². The molecule has 0 saturated heterocycles. The van der Waals surface area contributed by atoms with Crippen molar-refractivity contribution in [1.29, 1.82) is 0 Å². The van der Waals surface area contributed by atoms with Gasteiger partial charge in [0.1, 0.15) is 0 Å². The van der Waals surface area contributed by atoms with Crippen molar-refractivity contribution in [3.8, 4) is 0 Å². The average molecular weight is 204 g/mol. The number of azide groups is 1. The van der Waals surface area contributed by atoms with Gasteiger partial charge in [-0.1, -0.05) is 29.4 Å². The van der Waals surface area contributed by atoms with E-state index in [1.54, 1.807) is 31.3 Å². The van der Waals surface area contributed by atoms with E-state index in [4.69, 9.17) is 5.53 Å². The third-order valence-electron chi connectivity index (χ3n) is 1.87. The molecule has 0 aliphatic rings. The van der Waals surface area contributed by atoms with Gasteiger partial charge >= 0.3 is 0 Å². The second kappa shape index (κ2) is 5.80. The van der Waals surface area contributed by atoms with Gasteiger partial charge in [-0.05, 0) is 18.1 Å². The van der Waals surface area contributed by atoms with Crippen molar-refractivity contribution in [1.82, 2.24) is 5.32 Å². The molecular formula is C10H12N4O. The van der Waals surface area contributed by atoms with Crippen LogP contribution in [0.2, 0.25) is 0 Å². The summed E-state index contributed by atoms with van der Waals surface area (Å²) in [6.07, 6.45) is 0.400. The van der Waals surface area contributed by atoms with Gasteiger partial charge < -0.3 is 5.32 Å². The topological polar surface area (TPSA) is 77.9 Å². The predicted molar refractivity (Wildman–Crippen MR) is 57.9 cm³/mol. The van der Waals surface area contributed by atoms with Gasteiger partial charge in [-0.25, -0.2) is 0 Å². The van der Waals surface area contributed by atoms with Gasteiger partial charge in [-0.2, -0.15) is 0 Å². The highest BCUT2D eigenvalue weighted by atomic mass is 16.1. The molecule has 0 fully saturated rings. The lowest BCUT2D eigenvalue weighted by molar-refractivity contribution is -0.117. The number of rotatable bonds is 5. The standard InChI is InChI=1S/C10H12N4O/c1-12-7-10(15)6-8-2-4-9(5-3-8)13-14-11/h2-5,12H,6-7H2,1H3. The molecule has 1 aromatic rings. The summed E-state index contributed by atoms with van der Waals surface area (Å²) in [4.78, 5) is 14.0. The number of likely N-dealkylation sites (N-methyl/N-ethyl adjacent to an activating group) is 1. The van der Waals surface area contributed by atoms with E-state index < -0.39 is 0 Å². The van der Waals surface area contributed by atoms with Crippen LogP contribution in [0, 0.1) is 0 Å². The maximum Gasteiger partial charge on any atom is 0.150 e. The molecule has 1 rings (SSSR count). The van der Waals surface area contributed by atoms with Crippen molar-refractivity contribution in [2.75, 3.05) is 13.6 Å². The van der Waals surface area contributed by atoms with Crippen LogP contribution in [0.5, 0.6) is 0 Å². The van der Waals surface area contributed by atoms with Crippen molar-refractivity contribution in [3.05, 3.63) is 40.3 Å². The molecule has 0 atom stereocenters. The second-order valence-electron chi connectivity index (χ2n) is 3.10. The van der Waals surface area contributed by atoms with Crippen LogP contribution >= 0.6 is 0 Å². The van der Waals surface area contributed by atoms with Gasteiger partial charge in [-0.15, -0.1) is 0 Å². The van der Waals surface area contributed by atoms with E-state index in [9.17, 15) is 4.79 Å². The van der Waals surface area contributed by atoms with E-state index in [2.05, 4.69) is 15.3 Å². The monoisotopic (exact) mass is 204 g/mol. The summed E-state index contributed by atoms with van der Waals surface area (Å²) in [6.45, 7) is 0.373. The fraction of sp³-hybridized carbons (Fsp3) is 0.300. The van der Waals surface area contributed by atoms with Crippen molar-refractivity contribution >= 4 is 11.5 Å². The largest absolute Gasteiger partial charge is 0.313 e. The molecule has 0 amide bonds. The highest BCUT2D eigenvalue weighted by Crippen LogP contribution is 2.13. The molecule has 0 unspecified atom stereocenters. The first kappa shape index (κ1) is 11.2. The minimum atomic E-state index is 0.133. The maximum atomic E-state index is 11.3. The summed E-state index contributed by atoms with van der Waals surface area (Å²) < 4.78 is 0. The number of carbonyl (C=O) groups excluding carboxylic acids is 1. The van der Waals surface area contributed by atoms with Crippen molar-refractivity contribution in [3.63, 3.8) is 0 Å². The van der Waals surface area contributed by atoms with E-state index in [1.165, 1.54) is 0 Å². The fourth-order valence-electron chi connectivity index (χ4n) is 1.22. The fourth-order valence-corrected chi connectivity index (χ4v) is 1.22. The van der Waals surface area contributed by atoms with E-state index in [0.717, 1.165) is 5.56 Å². The number of hydrogen-bond donors (Lipinski definition) is 1. The molecule has 15 heavy (non-hydrogen) atoms. The molecule has 5 heteroatoms. The lowest BCUT2D eigenvalue weighted by atomic mass is 10.1. The van der Waals surface area contributed by atoms with Gasteiger partial charge in [0, 0.05) is 17.0 Å². The number of nitrogens with one attached hydrogen (secondary N) is 1. The first-order valence-electron chi connectivity index (χ1n) is 4.56. The Kier molecular flexibility index (Phi) is 4.34. The number of carbonyl (C=O) groups is 1. The molecule has 0 aliphatic carbocycles. The Bertz CT molecular complexity index is 379. The summed E-state index contributed by atoms with van der Waals surface area (Å²) >= 11 is 0. The minimum Gasteiger partial charge on any atom is -0.313 e. The molecule has 78 valence electrons. The Morgan fingerprint density at radius 3 is 2.67 bits per heavy atom. The van der Waals surface area contributed by atoms with Crippen LogP contribution in [-0.4, -0.2) is 19.4 Å². The SMILES string of the molecule is CNCC(=O)Cc1ccc(N=[N+]=[N-])cc1. The third kappa shape index (κ3) is 3.81. The Labute approximate surface area is 87.7 Å². The number of nitrogens with zero attached hydrogens (tertiary/aromatic N) is 3. The second-order valence-corrected chi connectivity index (χ2v) is 3.10. The quantitative estimate of drug-likeness (QED) is 0.452. The van der Waals surface area contributed by atoms with Gasteiger partial charge in [0.2, 0.25) is 0 Å². The van der Waals surface area contributed by atoms with Crippen molar-refractivity contribution in [2.24, 2.45) is 5.11 Å². The number of Topliss-reactive ketones (excluding diaryl/α,β-unsaturated/α-hetero) is 1. The zero-order valence-electron chi connectivity index (χ0n) is 8.47. The molecule has 0 spiro atoms. The summed E-state index contributed by atoms with van der Waals surface area (Å²) in [5, 5.41) is 6.25. The Morgan fingerprint density at radius 2 is 2.13 bits per heavy atom. The Hall–Kier alpha value is -1.84. The molecule has 0 bridgehead atoms. The summed E-state index contributed by atoms with van der Waals surface area (Å²) in [5.41, 5.74) is 9.68. The highest BCUT2D eigenvalue weighted by molar-refractivity contribution is 5.82. The molecule has 1 N–H and O–H groups in total. The maximum absolute atomic E-state index is 11.3. The summed E-state index contributed by atoms with van der Waals surface area (Å²) in [5.74, 6) is 0.133. The van der Waals surface area contributed by atoms with Gasteiger partial charge in [-0.3, -0.25) is 4.79 Å². The van der Waals surface area contributed by atoms with Gasteiger partial charge in [0.15, 0.2) is 5.78 Å². The molecular weight excluding hydrogens is 192 g/mol. The third-order valence-corrected chi connectivity index (χ3v) is 1.87. The minimum absolute atomic E-state index is 0.133. The lowest BCUT2D eigenvalue weighted by Crippen LogP contribution is -2.20. The van der Waals surface area contributed by atoms with E-state index >= 15 is 0 Å². The summed E-state index contributed by atoms with van der Waals surface area (Å²) in [7, 11) is 1.74. The van der Waals surface area contributed by atoms with E-state index in [1.807, 2.05) is 0 Å². The first-order chi connectivity index (χ1) is 7.26. The van der Waals surface area contributed by atoms with Crippen LogP contribution in [0.3, 0.4) is 0 Å². The molecule has 0 radical (unpaired) electrons. The first-order valence-corrected chi connectivity index (χ1v) is 4.56.